The molecule has 14 heteroatoms. The molecule has 3 N–H and O–H groups in total. The number of rotatable bonds is 3. The lowest BCUT2D eigenvalue weighted by atomic mass is 9.96. The van der Waals surface area contributed by atoms with Crippen LogP contribution in [0.4, 0.5) is 39.4 Å². The molecule has 2 aromatic heterocycles. The summed E-state index contributed by atoms with van der Waals surface area (Å²) in [5.41, 5.74) is 1.54. The Morgan fingerprint density at radius 3 is 2.56 bits per heavy atom. The molecule has 9 nitrogen and oxygen atoms in total. The van der Waals surface area contributed by atoms with Crippen LogP contribution in [-0.4, -0.2) is 84.9 Å². The monoisotopic (exact) mass is 578 g/mol. The van der Waals surface area contributed by atoms with Gasteiger partial charge in [-0.15, -0.1) is 0 Å². The average Bonchev–Trinajstić information content (AvgIpc) is 3.38. The van der Waals surface area contributed by atoms with Crippen LogP contribution in [-0.2, 0) is 6.18 Å². The summed E-state index contributed by atoms with van der Waals surface area (Å²) in [6.45, 7) is 5.79. The van der Waals surface area contributed by atoms with Gasteiger partial charge >= 0.3 is 6.18 Å². The molecule has 5 heterocycles. The highest BCUT2D eigenvalue weighted by molar-refractivity contribution is 5.98. The molecule has 0 amide bonds. The first-order valence-corrected chi connectivity index (χ1v) is 13.5. The van der Waals surface area contributed by atoms with Crippen LogP contribution in [0.25, 0.3) is 22.2 Å². The Labute approximate surface area is 233 Å². The maximum absolute atomic E-state index is 16.6. The lowest BCUT2D eigenvalue weighted by molar-refractivity contribution is -0.137. The number of pyridine rings is 1. The topological polar surface area (TPSA) is 95.7 Å². The number of ether oxygens (including phenoxy) is 1. The van der Waals surface area contributed by atoms with Crippen LogP contribution < -0.4 is 25.6 Å². The van der Waals surface area contributed by atoms with Crippen molar-refractivity contribution < 1.29 is 26.7 Å². The lowest BCUT2D eigenvalue weighted by Gasteiger charge is -2.38. The number of likely N-dealkylation sites (N-methyl/N-ethyl adjacent to an activating group) is 1. The molecule has 2 saturated heterocycles. The number of halogens is 5. The minimum atomic E-state index is -5.01. The molecule has 0 spiro atoms. The summed E-state index contributed by atoms with van der Waals surface area (Å²) in [7, 11) is 3.96. The number of anilines is 3. The minimum Gasteiger partial charge on any atom is -0.472 e. The van der Waals surface area contributed by atoms with Gasteiger partial charge in [0.2, 0.25) is 11.8 Å². The molecule has 1 aromatic carbocycles. The van der Waals surface area contributed by atoms with E-state index in [9.17, 15) is 17.6 Å². The van der Waals surface area contributed by atoms with Crippen molar-refractivity contribution in [3.8, 4) is 17.1 Å². The van der Waals surface area contributed by atoms with Gasteiger partial charge in [0.15, 0.2) is 5.82 Å². The number of piperazine rings is 1. The predicted molar refractivity (Wildman–Crippen MR) is 145 cm³/mol. The second-order valence-electron chi connectivity index (χ2n) is 11.1. The van der Waals surface area contributed by atoms with Crippen molar-refractivity contribution in [1.82, 2.24) is 25.2 Å². The highest BCUT2D eigenvalue weighted by atomic mass is 19.4. The Morgan fingerprint density at radius 1 is 1.12 bits per heavy atom. The quantitative estimate of drug-likeness (QED) is 0.357. The van der Waals surface area contributed by atoms with Gasteiger partial charge in [-0.05, 0) is 46.0 Å². The molecular formula is C27H31F5N8O. The number of aromatic nitrogens is 3. The second-order valence-corrected chi connectivity index (χ2v) is 11.1. The van der Waals surface area contributed by atoms with Gasteiger partial charge in [-0.2, -0.15) is 18.2 Å². The van der Waals surface area contributed by atoms with Crippen LogP contribution in [0, 0.1) is 18.6 Å². The third kappa shape index (κ3) is 4.47. The highest BCUT2D eigenvalue weighted by Crippen LogP contribution is 2.46. The Morgan fingerprint density at radius 2 is 1.88 bits per heavy atom. The molecule has 220 valence electrons. The van der Waals surface area contributed by atoms with E-state index in [1.54, 1.807) is 0 Å². The largest absolute Gasteiger partial charge is 0.472 e. The minimum absolute atomic E-state index is 0.0823. The van der Waals surface area contributed by atoms with Crippen molar-refractivity contribution in [2.24, 2.45) is 0 Å². The average molecular weight is 579 g/mol. The number of alkyl halides is 3. The van der Waals surface area contributed by atoms with E-state index in [1.807, 2.05) is 30.8 Å². The van der Waals surface area contributed by atoms with Gasteiger partial charge in [-0.3, -0.25) is 0 Å². The number of hydrogen-bond acceptors (Lipinski definition) is 9. The normalized spacial score (nSPS) is 22.7. The molecule has 3 aliphatic heterocycles. The summed E-state index contributed by atoms with van der Waals surface area (Å²) < 4.78 is 80.1. The van der Waals surface area contributed by atoms with Gasteiger partial charge < -0.3 is 30.5 Å². The number of hydrogen-bond donors (Lipinski definition) is 2. The zero-order valence-corrected chi connectivity index (χ0v) is 23.1. The Hall–Kier alpha value is -3.52. The van der Waals surface area contributed by atoms with Crippen LogP contribution in [0.1, 0.15) is 24.5 Å². The molecule has 3 atom stereocenters. The molecule has 0 aliphatic carbocycles. The molecule has 2 fully saturated rings. The van der Waals surface area contributed by atoms with Crippen molar-refractivity contribution in [2.45, 2.75) is 44.6 Å². The van der Waals surface area contributed by atoms with E-state index in [2.05, 4.69) is 20.2 Å². The van der Waals surface area contributed by atoms with Crippen LogP contribution in [0.15, 0.2) is 6.07 Å². The Kier molecular flexibility index (Phi) is 6.60. The first-order valence-electron chi connectivity index (χ1n) is 13.5. The molecule has 3 aromatic rings. The second kappa shape index (κ2) is 9.79. The van der Waals surface area contributed by atoms with E-state index >= 15 is 4.39 Å². The summed E-state index contributed by atoms with van der Waals surface area (Å²) in [6, 6.07) is 0.808. The summed E-state index contributed by atoms with van der Waals surface area (Å²) in [4.78, 5) is 19.8. The van der Waals surface area contributed by atoms with Crippen molar-refractivity contribution in [1.29, 1.82) is 0 Å². The number of nitrogens with two attached hydrogens (primary N) is 1. The molecule has 0 bridgehead atoms. The Bertz CT molecular complexity index is 1530. The van der Waals surface area contributed by atoms with E-state index in [-0.39, 0.29) is 34.8 Å². The molecule has 0 saturated carbocycles. The summed E-state index contributed by atoms with van der Waals surface area (Å²) in [5.74, 6) is -1.69. The van der Waals surface area contributed by atoms with E-state index < -0.39 is 52.0 Å². The molecule has 6 rings (SSSR count). The van der Waals surface area contributed by atoms with Gasteiger partial charge in [0, 0.05) is 44.3 Å². The third-order valence-electron chi connectivity index (χ3n) is 8.36. The summed E-state index contributed by atoms with van der Waals surface area (Å²) >= 11 is 0. The van der Waals surface area contributed by atoms with Gasteiger partial charge in [-0.25, -0.2) is 18.7 Å². The van der Waals surface area contributed by atoms with E-state index in [0.29, 0.717) is 38.5 Å². The van der Waals surface area contributed by atoms with Gasteiger partial charge in [0.25, 0.3) is 0 Å². The molecular weight excluding hydrogens is 547 g/mol. The SMILES string of the molecule is Cc1c(F)c(N)cc(-c2nc3c4c(nc(N5CC[C@@H](N(C)C)C5)nc4c2F)N2CCNC[C@H]2[C@H](C)O3)c1C(F)(F)F. The fourth-order valence-electron chi connectivity index (χ4n) is 6.10. The van der Waals surface area contributed by atoms with Crippen LogP contribution in [0.3, 0.4) is 0 Å². The van der Waals surface area contributed by atoms with Gasteiger partial charge in [0.1, 0.15) is 34.3 Å². The van der Waals surface area contributed by atoms with E-state index in [1.165, 1.54) is 0 Å². The number of nitrogens with zero attached hydrogens (tertiary/aromatic N) is 6. The van der Waals surface area contributed by atoms with Gasteiger partial charge in [0.05, 0.1) is 17.3 Å². The fourth-order valence-corrected chi connectivity index (χ4v) is 6.10. The molecule has 41 heavy (non-hydrogen) atoms. The third-order valence-corrected chi connectivity index (χ3v) is 8.36. The maximum Gasteiger partial charge on any atom is 0.417 e. The zero-order valence-electron chi connectivity index (χ0n) is 23.1. The molecule has 0 radical (unpaired) electrons. The lowest BCUT2D eigenvalue weighted by Crippen LogP contribution is -2.56. The van der Waals surface area contributed by atoms with Crippen LogP contribution in [0.2, 0.25) is 0 Å². The van der Waals surface area contributed by atoms with E-state index in [0.717, 1.165) is 19.4 Å². The van der Waals surface area contributed by atoms with E-state index in [4.69, 9.17) is 15.5 Å². The number of fused-ring (bicyclic) bond motifs is 2. The maximum atomic E-state index is 16.6. The first kappa shape index (κ1) is 27.6. The van der Waals surface area contributed by atoms with Crippen molar-refractivity contribution in [2.75, 3.05) is 62.4 Å². The van der Waals surface area contributed by atoms with Crippen LogP contribution >= 0.6 is 0 Å². The zero-order chi connectivity index (χ0) is 29.4. The summed E-state index contributed by atoms with van der Waals surface area (Å²) in [5, 5.41) is 3.52. The fraction of sp³-hybridized carbons (Fsp3) is 0.519. The van der Waals surface area contributed by atoms with Crippen LogP contribution in [0.5, 0.6) is 5.88 Å². The number of nitrogen functional groups attached to an aromatic ring is 1. The molecule has 3 aliphatic rings. The predicted octanol–water partition coefficient (Wildman–Crippen LogP) is 3.58. The smallest absolute Gasteiger partial charge is 0.417 e. The van der Waals surface area contributed by atoms with Crippen molar-refractivity contribution in [3.05, 3.63) is 28.8 Å². The van der Waals surface area contributed by atoms with Crippen molar-refractivity contribution >= 4 is 28.4 Å². The standard InChI is InChI=1S/C27H31F5N8O/c1-12-19(27(30,31)32)15(9-16(33)20(12)28)22-21(29)23-18-24(37-26(36-23)39-7-5-14(11-39)38(3)4)40-8-6-34-10-17(40)13(2)41-25(18)35-22/h9,13-14,17,34H,5-8,10-11,33H2,1-4H3/t13-,14+,17-/m0/s1. The number of nitrogens with one attached hydrogen (secondary N) is 1. The van der Waals surface area contributed by atoms with Crippen molar-refractivity contribution in [3.63, 3.8) is 0 Å². The Balaban J connectivity index is 1.65. The molecule has 0 unspecified atom stereocenters. The number of benzene rings is 1. The van der Waals surface area contributed by atoms with Gasteiger partial charge in [-0.1, -0.05) is 0 Å². The highest BCUT2D eigenvalue weighted by Gasteiger charge is 2.41. The first-order chi connectivity index (χ1) is 19.4. The summed E-state index contributed by atoms with van der Waals surface area (Å²) in [6.07, 6.45) is -4.63.